The van der Waals surface area contributed by atoms with Gasteiger partial charge in [-0.05, 0) is 44.0 Å². The number of aryl methyl sites for hydroxylation is 1. The molecule has 5 heteroatoms. The van der Waals surface area contributed by atoms with Crippen molar-refractivity contribution in [2.75, 3.05) is 13.1 Å². The first-order valence-electron chi connectivity index (χ1n) is 6.00. The van der Waals surface area contributed by atoms with Crippen LogP contribution in [-0.2, 0) is 0 Å². The van der Waals surface area contributed by atoms with Crippen molar-refractivity contribution in [3.8, 4) is 0 Å². The number of carboxylic acid groups (broad SMARTS) is 1. The fourth-order valence-corrected chi connectivity index (χ4v) is 2.44. The smallest absolute Gasteiger partial charge is 0.337 e. The van der Waals surface area contributed by atoms with Gasteiger partial charge in [0.05, 0.1) is 11.3 Å². The summed E-state index contributed by atoms with van der Waals surface area (Å²) in [7, 11) is 0. The summed E-state index contributed by atoms with van der Waals surface area (Å²) in [6, 6.07) is 1.71. The molecular weight excluding hydrogens is 252 g/mol. The number of rotatable bonds is 3. The third kappa shape index (κ3) is 3.00. The first-order chi connectivity index (χ1) is 8.09. The van der Waals surface area contributed by atoms with E-state index in [2.05, 4.69) is 17.2 Å². The Hall–Kier alpha value is -1.13. The topological polar surface area (TPSA) is 62.2 Å². The van der Waals surface area contributed by atoms with E-state index in [1.807, 2.05) is 6.92 Å². The van der Waals surface area contributed by atoms with Crippen LogP contribution in [0, 0.1) is 12.8 Å². The second-order valence-electron chi connectivity index (χ2n) is 4.79. The van der Waals surface area contributed by atoms with E-state index in [0.29, 0.717) is 11.5 Å². The molecular formula is C13H19ClN2O2. The lowest BCUT2D eigenvalue weighted by atomic mass is 9.87. The van der Waals surface area contributed by atoms with Crippen molar-refractivity contribution in [2.24, 2.45) is 5.92 Å². The normalized spacial score (nSPS) is 20.2. The summed E-state index contributed by atoms with van der Waals surface area (Å²) in [4.78, 5) is 15.6. The van der Waals surface area contributed by atoms with Crippen molar-refractivity contribution in [1.82, 2.24) is 10.3 Å². The average molecular weight is 271 g/mol. The molecule has 1 aliphatic heterocycles. The molecule has 1 fully saturated rings. The maximum Gasteiger partial charge on any atom is 0.337 e. The summed E-state index contributed by atoms with van der Waals surface area (Å²) >= 11 is 0. The van der Waals surface area contributed by atoms with Gasteiger partial charge in [0, 0.05) is 12.1 Å². The second kappa shape index (κ2) is 6.16. The summed E-state index contributed by atoms with van der Waals surface area (Å²) < 4.78 is 0. The van der Waals surface area contributed by atoms with Crippen LogP contribution in [0.2, 0.25) is 0 Å². The van der Waals surface area contributed by atoms with Crippen molar-refractivity contribution < 1.29 is 9.90 Å². The minimum atomic E-state index is -0.881. The first kappa shape index (κ1) is 14.9. The monoisotopic (exact) mass is 270 g/mol. The van der Waals surface area contributed by atoms with Crippen LogP contribution >= 0.6 is 12.4 Å². The molecule has 100 valence electrons. The number of pyridine rings is 1. The van der Waals surface area contributed by atoms with Crippen LogP contribution < -0.4 is 5.32 Å². The summed E-state index contributed by atoms with van der Waals surface area (Å²) in [5, 5.41) is 12.5. The number of hydrogen-bond acceptors (Lipinski definition) is 3. The molecule has 2 rings (SSSR count). The molecule has 2 unspecified atom stereocenters. The van der Waals surface area contributed by atoms with E-state index in [1.54, 1.807) is 12.3 Å². The van der Waals surface area contributed by atoms with Gasteiger partial charge in [-0.25, -0.2) is 4.79 Å². The van der Waals surface area contributed by atoms with E-state index in [9.17, 15) is 9.90 Å². The van der Waals surface area contributed by atoms with Crippen molar-refractivity contribution in [3.63, 3.8) is 0 Å². The molecule has 2 N–H and O–H groups in total. The molecule has 4 nitrogen and oxygen atoms in total. The molecule has 0 spiro atoms. The highest BCUT2D eigenvalue weighted by Crippen LogP contribution is 2.29. The van der Waals surface area contributed by atoms with Gasteiger partial charge in [-0.3, -0.25) is 4.98 Å². The SMILES string of the molecule is Cc1cnc(C(C)C2CCNC2)c(C(=O)O)c1.Cl. The molecule has 0 bridgehead atoms. The quantitative estimate of drug-likeness (QED) is 0.884. The van der Waals surface area contributed by atoms with Crippen molar-refractivity contribution in [1.29, 1.82) is 0 Å². The fraction of sp³-hybridized carbons (Fsp3) is 0.538. The molecule has 2 heterocycles. The van der Waals surface area contributed by atoms with E-state index in [-0.39, 0.29) is 18.3 Å². The highest BCUT2D eigenvalue weighted by Gasteiger charge is 2.26. The Labute approximate surface area is 113 Å². The molecule has 1 aromatic heterocycles. The zero-order chi connectivity index (χ0) is 12.4. The van der Waals surface area contributed by atoms with Gasteiger partial charge in [-0.15, -0.1) is 12.4 Å². The summed E-state index contributed by atoms with van der Waals surface area (Å²) in [5.74, 6) is -0.200. The molecule has 0 aromatic carbocycles. The maximum absolute atomic E-state index is 11.2. The Balaban J connectivity index is 0.00000162. The van der Waals surface area contributed by atoms with Crippen LogP contribution in [0.5, 0.6) is 0 Å². The van der Waals surface area contributed by atoms with Crippen molar-refractivity contribution in [3.05, 3.63) is 29.1 Å². The average Bonchev–Trinajstić information content (AvgIpc) is 2.81. The van der Waals surface area contributed by atoms with E-state index < -0.39 is 5.97 Å². The fourth-order valence-electron chi connectivity index (χ4n) is 2.44. The van der Waals surface area contributed by atoms with Gasteiger partial charge in [0.1, 0.15) is 0 Å². The number of aromatic carboxylic acids is 1. The highest BCUT2D eigenvalue weighted by atomic mass is 35.5. The number of halogens is 1. The third-order valence-corrected chi connectivity index (χ3v) is 3.52. The zero-order valence-corrected chi connectivity index (χ0v) is 11.5. The predicted molar refractivity (Wildman–Crippen MR) is 72.6 cm³/mol. The van der Waals surface area contributed by atoms with Gasteiger partial charge in [0.15, 0.2) is 0 Å². The summed E-state index contributed by atoms with van der Waals surface area (Å²) in [5.41, 5.74) is 1.96. The Morgan fingerprint density at radius 3 is 2.89 bits per heavy atom. The first-order valence-corrected chi connectivity index (χ1v) is 6.00. The molecule has 1 saturated heterocycles. The molecule has 2 atom stereocenters. The van der Waals surface area contributed by atoms with E-state index in [0.717, 1.165) is 30.8 Å². The van der Waals surface area contributed by atoms with Crippen LogP contribution in [0.3, 0.4) is 0 Å². The van der Waals surface area contributed by atoms with Crippen LogP contribution in [0.1, 0.15) is 40.9 Å². The van der Waals surface area contributed by atoms with E-state index >= 15 is 0 Å². The summed E-state index contributed by atoms with van der Waals surface area (Å²) in [6.45, 7) is 5.91. The van der Waals surface area contributed by atoms with Gasteiger partial charge >= 0.3 is 5.97 Å². The minimum absolute atomic E-state index is 0. The van der Waals surface area contributed by atoms with Gasteiger partial charge in [0.2, 0.25) is 0 Å². The van der Waals surface area contributed by atoms with E-state index in [4.69, 9.17) is 0 Å². The number of nitrogens with zero attached hydrogens (tertiary/aromatic N) is 1. The third-order valence-electron chi connectivity index (χ3n) is 3.52. The highest BCUT2D eigenvalue weighted by molar-refractivity contribution is 5.89. The Bertz CT molecular complexity index is 431. The molecule has 1 aliphatic rings. The number of carbonyl (C=O) groups is 1. The van der Waals surface area contributed by atoms with Gasteiger partial charge in [-0.1, -0.05) is 6.92 Å². The molecule has 18 heavy (non-hydrogen) atoms. The lowest BCUT2D eigenvalue weighted by molar-refractivity contribution is 0.0694. The predicted octanol–water partition coefficient (Wildman–Crippen LogP) is 2.22. The molecule has 1 aromatic rings. The van der Waals surface area contributed by atoms with Gasteiger partial charge < -0.3 is 10.4 Å². The molecule has 0 saturated carbocycles. The van der Waals surface area contributed by atoms with Gasteiger partial charge in [0.25, 0.3) is 0 Å². The van der Waals surface area contributed by atoms with Crippen LogP contribution in [0.25, 0.3) is 0 Å². The summed E-state index contributed by atoms with van der Waals surface area (Å²) in [6.07, 6.45) is 2.84. The lowest BCUT2D eigenvalue weighted by Crippen LogP contribution is -2.18. The lowest BCUT2D eigenvalue weighted by Gasteiger charge is -2.19. The number of hydrogen-bond donors (Lipinski definition) is 2. The van der Waals surface area contributed by atoms with Crippen LogP contribution in [0.15, 0.2) is 12.3 Å². The standard InChI is InChI=1S/C13H18N2O2.ClH/c1-8-5-11(13(16)17)12(15-6-8)9(2)10-3-4-14-7-10;/h5-6,9-10,14H,3-4,7H2,1-2H3,(H,16,17);1H. The van der Waals surface area contributed by atoms with Crippen LogP contribution in [-0.4, -0.2) is 29.1 Å². The Kier molecular flexibility index (Phi) is 5.11. The Morgan fingerprint density at radius 2 is 2.33 bits per heavy atom. The van der Waals surface area contributed by atoms with Crippen LogP contribution in [0.4, 0.5) is 0 Å². The van der Waals surface area contributed by atoms with E-state index in [1.165, 1.54) is 0 Å². The molecule has 0 aliphatic carbocycles. The zero-order valence-electron chi connectivity index (χ0n) is 10.6. The molecule has 0 amide bonds. The maximum atomic E-state index is 11.2. The largest absolute Gasteiger partial charge is 0.478 e. The second-order valence-corrected chi connectivity index (χ2v) is 4.79. The number of aromatic nitrogens is 1. The van der Waals surface area contributed by atoms with Crippen molar-refractivity contribution in [2.45, 2.75) is 26.2 Å². The minimum Gasteiger partial charge on any atom is -0.478 e. The number of nitrogens with one attached hydrogen (secondary N) is 1. The van der Waals surface area contributed by atoms with Gasteiger partial charge in [-0.2, -0.15) is 0 Å². The molecule has 0 radical (unpaired) electrons. The van der Waals surface area contributed by atoms with Crippen molar-refractivity contribution >= 4 is 18.4 Å². The number of carboxylic acids is 1. The Morgan fingerprint density at radius 1 is 1.61 bits per heavy atom.